The highest BCUT2D eigenvalue weighted by Crippen LogP contribution is 2.35. The average Bonchev–Trinajstić information content (AvgIpc) is 2.56. The number of hydrogen-bond donors (Lipinski definition) is 2. The molecular weight excluding hydrogens is 320 g/mol. The highest BCUT2D eigenvalue weighted by molar-refractivity contribution is 8.13. The maximum atomic E-state index is 12.2. The minimum absolute atomic E-state index is 0.0850. The van der Waals surface area contributed by atoms with Crippen molar-refractivity contribution in [1.82, 2.24) is 4.98 Å². The van der Waals surface area contributed by atoms with Crippen LogP contribution in [0.2, 0.25) is 0 Å². The number of carbonyl (C=O) groups excluding carboxylic acids is 1. The monoisotopic (exact) mass is 340 g/mol. The van der Waals surface area contributed by atoms with E-state index in [1.165, 1.54) is 0 Å². The van der Waals surface area contributed by atoms with Crippen molar-refractivity contribution < 1.29 is 4.79 Å². The Morgan fingerprint density at radius 1 is 1.33 bits per heavy atom. The minimum Gasteiger partial charge on any atom is -0.379 e. The molecule has 0 aliphatic carbocycles. The van der Waals surface area contributed by atoms with E-state index in [1.807, 2.05) is 42.5 Å². The summed E-state index contributed by atoms with van der Waals surface area (Å²) in [5, 5.41) is 3.55. The maximum absolute atomic E-state index is 12.2. The first kappa shape index (κ1) is 16.5. The molecule has 2 aromatic rings. The van der Waals surface area contributed by atoms with Gasteiger partial charge in [-0.3, -0.25) is 14.8 Å². The van der Waals surface area contributed by atoms with Crippen LogP contribution in [-0.4, -0.2) is 21.8 Å². The van der Waals surface area contributed by atoms with Crippen LogP contribution in [0.1, 0.15) is 24.6 Å². The van der Waals surface area contributed by atoms with Crippen LogP contribution >= 0.6 is 11.8 Å². The summed E-state index contributed by atoms with van der Waals surface area (Å²) in [6, 6.07) is 13.4. The van der Waals surface area contributed by atoms with Crippen LogP contribution in [0.4, 0.5) is 5.69 Å². The molecule has 1 amide bonds. The van der Waals surface area contributed by atoms with Crippen LogP contribution in [-0.2, 0) is 16.8 Å². The predicted molar refractivity (Wildman–Crippen MR) is 99.1 cm³/mol. The molecule has 6 heteroatoms. The normalized spacial score (nSPS) is 20.3. The Morgan fingerprint density at radius 2 is 2.21 bits per heavy atom. The van der Waals surface area contributed by atoms with Crippen LogP contribution in [0.15, 0.2) is 53.7 Å². The lowest BCUT2D eigenvalue weighted by molar-refractivity contribution is -0.115. The van der Waals surface area contributed by atoms with Crippen molar-refractivity contribution in [3.05, 3.63) is 59.9 Å². The largest absolute Gasteiger partial charge is 0.379 e. The van der Waals surface area contributed by atoms with Gasteiger partial charge in [-0.05, 0) is 43.2 Å². The van der Waals surface area contributed by atoms with Gasteiger partial charge in [0.05, 0.1) is 12.0 Å². The van der Waals surface area contributed by atoms with Gasteiger partial charge in [0.1, 0.15) is 0 Å². The first-order valence-corrected chi connectivity index (χ1v) is 8.82. The third kappa shape index (κ3) is 3.94. The molecule has 0 fully saturated rings. The number of nitrogens with two attached hydrogens (primary N) is 1. The quantitative estimate of drug-likeness (QED) is 0.897. The molecule has 0 spiro atoms. The number of rotatable bonds is 4. The summed E-state index contributed by atoms with van der Waals surface area (Å²) < 4.78 is 0. The number of benzene rings is 1. The second-order valence-corrected chi connectivity index (χ2v) is 7.06. The molecule has 124 valence electrons. The fourth-order valence-electron chi connectivity index (χ4n) is 2.70. The van der Waals surface area contributed by atoms with E-state index in [9.17, 15) is 4.79 Å². The number of nitrogens with one attached hydrogen (secondary N) is 1. The van der Waals surface area contributed by atoms with E-state index in [0.29, 0.717) is 5.17 Å². The first-order chi connectivity index (χ1) is 11.5. The summed E-state index contributed by atoms with van der Waals surface area (Å²) in [6.07, 6.45) is 2.86. The number of carbonyl (C=O) groups is 1. The summed E-state index contributed by atoms with van der Waals surface area (Å²) in [4.78, 5) is 21.0. The summed E-state index contributed by atoms with van der Waals surface area (Å²) in [5.74, 6) is 0.862. The van der Waals surface area contributed by atoms with Gasteiger partial charge in [0.2, 0.25) is 5.91 Å². The molecule has 0 bridgehead atoms. The third-order valence-electron chi connectivity index (χ3n) is 4.03. The molecule has 5 nitrogen and oxygen atoms in total. The Morgan fingerprint density at radius 3 is 2.96 bits per heavy atom. The zero-order valence-electron chi connectivity index (χ0n) is 13.5. The number of hydrogen-bond acceptors (Lipinski definition) is 5. The fourth-order valence-corrected chi connectivity index (χ4v) is 3.67. The zero-order chi connectivity index (χ0) is 17.0. The summed E-state index contributed by atoms with van der Waals surface area (Å²) in [7, 11) is 0. The average molecular weight is 340 g/mol. The molecule has 24 heavy (non-hydrogen) atoms. The number of nitrogens with zero attached hydrogens (tertiary/aromatic N) is 2. The molecule has 1 aromatic carbocycles. The molecule has 1 aromatic heterocycles. The van der Waals surface area contributed by atoms with Gasteiger partial charge in [-0.15, -0.1) is 0 Å². The van der Waals surface area contributed by atoms with Crippen molar-refractivity contribution in [2.45, 2.75) is 25.3 Å². The van der Waals surface area contributed by atoms with Crippen LogP contribution in [0.3, 0.4) is 0 Å². The fraction of sp³-hybridized carbons (Fsp3) is 0.278. The number of amides is 1. The number of aromatic nitrogens is 1. The van der Waals surface area contributed by atoms with Gasteiger partial charge in [-0.1, -0.05) is 30.0 Å². The highest BCUT2D eigenvalue weighted by atomic mass is 32.2. The Balaban J connectivity index is 1.74. The van der Waals surface area contributed by atoms with Crippen molar-refractivity contribution in [2.24, 2.45) is 10.7 Å². The minimum atomic E-state index is -0.336. The van der Waals surface area contributed by atoms with Gasteiger partial charge >= 0.3 is 0 Å². The Bertz CT molecular complexity index is 763. The molecule has 1 atom stereocenters. The van der Waals surface area contributed by atoms with Gasteiger partial charge in [0, 0.05) is 23.3 Å². The second kappa shape index (κ2) is 7.05. The molecule has 2 heterocycles. The van der Waals surface area contributed by atoms with Gasteiger partial charge in [0.25, 0.3) is 0 Å². The number of thioether (sulfide) groups is 1. The standard InChI is InChI=1S/C18H20N4OS/c1-18(8-10-24-17(19)22-18)13-5-4-7-15(11-13)21-16(23)12-14-6-2-3-9-20-14/h2-7,9,11H,8,10,12H2,1H3,(H2,19,22)(H,21,23). The molecule has 3 N–H and O–H groups in total. The molecule has 1 unspecified atom stereocenters. The van der Waals surface area contributed by atoms with Crippen molar-refractivity contribution in [2.75, 3.05) is 11.1 Å². The van der Waals surface area contributed by atoms with Gasteiger partial charge in [0.15, 0.2) is 5.17 Å². The van der Waals surface area contributed by atoms with E-state index in [4.69, 9.17) is 5.73 Å². The molecule has 3 rings (SSSR count). The Labute approximate surface area is 145 Å². The lowest BCUT2D eigenvalue weighted by atomic mass is 9.89. The molecule has 1 aliphatic rings. The predicted octanol–water partition coefficient (Wildman–Crippen LogP) is 2.93. The highest BCUT2D eigenvalue weighted by Gasteiger charge is 2.29. The van der Waals surface area contributed by atoms with Crippen LogP contribution in [0.25, 0.3) is 0 Å². The molecular formula is C18H20N4OS. The number of amidine groups is 1. The summed E-state index contributed by atoms with van der Waals surface area (Å²) >= 11 is 1.58. The Kier molecular flexibility index (Phi) is 4.85. The summed E-state index contributed by atoms with van der Waals surface area (Å²) in [5.41, 5.74) is 8.12. The first-order valence-electron chi connectivity index (χ1n) is 7.84. The molecule has 0 radical (unpaired) electrons. The van der Waals surface area contributed by atoms with Gasteiger partial charge in [-0.25, -0.2) is 0 Å². The van der Waals surface area contributed by atoms with Crippen molar-refractivity contribution in [3.63, 3.8) is 0 Å². The number of pyridine rings is 1. The van der Waals surface area contributed by atoms with E-state index in [0.717, 1.165) is 29.1 Å². The van der Waals surface area contributed by atoms with Crippen molar-refractivity contribution in [1.29, 1.82) is 0 Å². The van der Waals surface area contributed by atoms with Crippen molar-refractivity contribution in [3.8, 4) is 0 Å². The second-order valence-electron chi connectivity index (χ2n) is 5.95. The van der Waals surface area contributed by atoms with Gasteiger partial charge in [-0.2, -0.15) is 0 Å². The van der Waals surface area contributed by atoms with Crippen molar-refractivity contribution >= 4 is 28.5 Å². The van der Waals surface area contributed by atoms with E-state index in [2.05, 4.69) is 22.2 Å². The molecule has 1 aliphatic heterocycles. The van der Waals surface area contributed by atoms with E-state index < -0.39 is 0 Å². The van der Waals surface area contributed by atoms with E-state index >= 15 is 0 Å². The molecule has 0 saturated carbocycles. The number of anilines is 1. The third-order valence-corrected chi connectivity index (χ3v) is 4.83. The maximum Gasteiger partial charge on any atom is 0.230 e. The van der Waals surface area contributed by atoms with E-state index in [1.54, 1.807) is 18.0 Å². The van der Waals surface area contributed by atoms with E-state index in [-0.39, 0.29) is 17.9 Å². The zero-order valence-corrected chi connectivity index (χ0v) is 14.3. The van der Waals surface area contributed by atoms with Gasteiger partial charge < -0.3 is 11.1 Å². The topological polar surface area (TPSA) is 80.4 Å². The molecule has 0 saturated heterocycles. The van der Waals surface area contributed by atoms with Crippen LogP contribution in [0, 0.1) is 0 Å². The Hall–Kier alpha value is -2.34. The number of aliphatic imine (C=N–C) groups is 1. The summed E-state index contributed by atoms with van der Waals surface area (Å²) in [6.45, 7) is 2.08. The smallest absolute Gasteiger partial charge is 0.230 e. The van der Waals surface area contributed by atoms with Crippen LogP contribution < -0.4 is 11.1 Å². The lowest BCUT2D eigenvalue weighted by Crippen LogP contribution is -2.28. The van der Waals surface area contributed by atoms with Crippen LogP contribution in [0.5, 0.6) is 0 Å². The lowest BCUT2D eigenvalue weighted by Gasteiger charge is -2.30. The SMILES string of the molecule is CC1(c2cccc(NC(=O)Cc3ccccn3)c2)CCSC(N)=N1.